The van der Waals surface area contributed by atoms with Crippen molar-refractivity contribution in [3.63, 3.8) is 0 Å². The number of hydrogen-bond acceptors (Lipinski definition) is 6. The van der Waals surface area contributed by atoms with Gasteiger partial charge in [0.2, 0.25) is 5.95 Å². The van der Waals surface area contributed by atoms with Gasteiger partial charge in [0, 0.05) is 37.1 Å². The Balaban J connectivity index is 2.13. The van der Waals surface area contributed by atoms with Gasteiger partial charge in [-0.05, 0) is 46.1 Å². The number of hydrogen-bond donors (Lipinski definition) is 2. The quantitative estimate of drug-likeness (QED) is 0.730. The molecular weight excluding hydrogens is 276 g/mol. The molecule has 2 heterocycles. The van der Waals surface area contributed by atoms with Crippen LogP contribution in [0.1, 0.15) is 13.3 Å². The van der Waals surface area contributed by atoms with E-state index >= 15 is 0 Å². The molecule has 0 amide bonds. The van der Waals surface area contributed by atoms with Gasteiger partial charge in [-0.1, -0.05) is 0 Å². The van der Waals surface area contributed by atoms with E-state index in [1.54, 1.807) is 6.20 Å². The number of nitrogens with zero attached hydrogens (tertiary/aromatic N) is 4. The molecule has 2 aromatic heterocycles. The number of pyridine rings is 1. The second-order valence-electron chi connectivity index (χ2n) is 5.32. The standard InChI is InChI=1S/C16H24N6/c1-4-18-15-11-14(13-7-5-8-17-12-13)20-16(21-15)19-9-6-10-22(2)3/h5,7-8,11-12H,4,6,9-10H2,1-3H3,(H2,18,19,20,21). The molecule has 0 spiro atoms. The highest BCUT2D eigenvalue weighted by atomic mass is 15.1. The Morgan fingerprint density at radius 2 is 2.05 bits per heavy atom. The van der Waals surface area contributed by atoms with E-state index in [1.165, 1.54) is 0 Å². The van der Waals surface area contributed by atoms with Gasteiger partial charge in [0.15, 0.2) is 0 Å². The predicted molar refractivity (Wildman–Crippen MR) is 91.1 cm³/mol. The van der Waals surface area contributed by atoms with Crippen molar-refractivity contribution >= 4 is 11.8 Å². The fraction of sp³-hybridized carbons (Fsp3) is 0.438. The zero-order valence-corrected chi connectivity index (χ0v) is 13.5. The second kappa shape index (κ2) is 8.29. The lowest BCUT2D eigenvalue weighted by atomic mass is 10.2. The van der Waals surface area contributed by atoms with Gasteiger partial charge in [-0.25, -0.2) is 4.98 Å². The summed E-state index contributed by atoms with van der Waals surface area (Å²) in [6, 6.07) is 5.86. The molecule has 0 aliphatic heterocycles. The molecule has 0 aliphatic rings. The largest absolute Gasteiger partial charge is 0.370 e. The minimum Gasteiger partial charge on any atom is -0.370 e. The molecule has 0 aromatic carbocycles. The molecule has 118 valence electrons. The number of anilines is 2. The molecule has 0 unspecified atom stereocenters. The first-order valence-corrected chi connectivity index (χ1v) is 7.61. The smallest absolute Gasteiger partial charge is 0.225 e. The lowest BCUT2D eigenvalue weighted by molar-refractivity contribution is 0.405. The average Bonchev–Trinajstić information content (AvgIpc) is 2.52. The van der Waals surface area contributed by atoms with Crippen LogP contribution in [0.5, 0.6) is 0 Å². The van der Waals surface area contributed by atoms with E-state index in [9.17, 15) is 0 Å². The molecule has 2 rings (SSSR count). The third-order valence-electron chi connectivity index (χ3n) is 3.11. The molecular formula is C16H24N6. The molecule has 0 atom stereocenters. The highest BCUT2D eigenvalue weighted by Gasteiger charge is 2.06. The first kappa shape index (κ1) is 16.2. The zero-order chi connectivity index (χ0) is 15.8. The SMILES string of the molecule is CCNc1cc(-c2cccnc2)nc(NCCCN(C)C)n1. The summed E-state index contributed by atoms with van der Waals surface area (Å²) in [5.41, 5.74) is 1.86. The van der Waals surface area contributed by atoms with Crippen LogP contribution >= 0.6 is 0 Å². The van der Waals surface area contributed by atoms with Crippen LogP contribution in [0.2, 0.25) is 0 Å². The maximum absolute atomic E-state index is 4.59. The lowest BCUT2D eigenvalue weighted by Gasteiger charge is -2.12. The molecule has 6 nitrogen and oxygen atoms in total. The molecule has 6 heteroatoms. The molecule has 0 saturated carbocycles. The van der Waals surface area contributed by atoms with Gasteiger partial charge in [0.05, 0.1) is 5.69 Å². The van der Waals surface area contributed by atoms with Crippen molar-refractivity contribution in [2.24, 2.45) is 0 Å². The summed E-state index contributed by atoms with van der Waals surface area (Å²) in [5, 5.41) is 6.55. The highest BCUT2D eigenvalue weighted by molar-refractivity contribution is 5.63. The van der Waals surface area contributed by atoms with E-state index in [0.29, 0.717) is 5.95 Å². The molecule has 0 aliphatic carbocycles. The van der Waals surface area contributed by atoms with E-state index in [1.807, 2.05) is 24.4 Å². The highest BCUT2D eigenvalue weighted by Crippen LogP contribution is 2.20. The minimum atomic E-state index is 0.649. The molecule has 22 heavy (non-hydrogen) atoms. The van der Waals surface area contributed by atoms with E-state index in [0.717, 1.165) is 43.1 Å². The molecule has 2 aromatic rings. The van der Waals surface area contributed by atoms with Crippen molar-refractivity contribution < 1.29 is 0 Å². The maximum atomic E-state index is 4.59. The third-order valence-corrected chi connectivity index (χ3v) is 3.11. The average molecular weight is 300 g/mol. The molecule has 0 fully saturated rings. The van der Waals surface area contributed by atoms with Crippen LogP contribution in [0.25, 0.3) is 11.3 Å². The van der Waals surface area contributed by atoms with Gasteiger partial charge in [-0.15, -0.1) is 0 Å². The summed E-state index contributed by atoms with van der Waals surface area (Å²) in [5.74, 6) is 1.47. The lowest BCUT2D eigenvalue weighted by Crippen LogP contribution is -2.17. The first-order valence-electron chi connectivity index (χ1n) is 7.61. The zero-order valence-electron chi connectivity index (χ0n) is 13.5. The van der Waals surface area contributed by atoms with Crippen LogP contribution in [0.15, 0.2) is 30.6 Å². The Morgan fingerprint density at radius 1 is 1.18 bits per heavy atom. The van der Waals surface area contributed by atoms with Crippen LogP contribution in [0, 0.1) is 0 Å². The number of rotatable bonds is 8. The Hall–Kier alpha value is -2.21. The van der Waals surface area contributed by atoms with Crippen molar-refractivity contribution in [1.82, 2.24) is 19.9 Å². The fourth-order valence-electron chi connectivity index (χ4n) is 2.06. The minimum absolute atomic E-state index is 0.649. The van der Waals surface area contributed by atoms with Gasteiger partial charge in [0.25, 0.3) is 0 Å². The van der Waals surface area contributed by atoms with Crippen LogP contribution in [-0.2, 0) is 0 Å². The van der Waals surface area contributed by atoms with Crippen LogP contribution < -0.4 is 10.6 Å². The summed E-state index contributed by atoms with van der Waals surface area (Å²) < 4.78 is 0. The predicted octanol–water partition coefficient (Wildman–Crippen LogP) is 2.33. The Morgan fingerprint density at radius 3 is 2.73 bits per heavy atom. The monoisotopic (exact) mass is 300 g/mol. The van der Waals surface area contributed by atoms with Gasteiger partial charge >= 0.3 is 0 Å². The summed E-state index contributed by atoms with van der Waals surface area (Å²) >= 11 is 0. The molecule has 2 N–H and O–H groups in total. The number of aromatic nitrogens is 3. The van der Waals surface area contributed by atoms with Gasteiger partial charge in [0.1, 0.15) is 5.82 Å². The second-order valence-corrected chi connectivity index (χ2v) is 5.32. The summed E-state index contributed by atoms with van der Waals surface area (Å²) in [7, 11) is 4.14. The van der Waals surface area contributed by atoms with E-state index < -0.39 is 0 Å². The normalized spacial score (nSPS) is 10.7. The molecule has 0 bridgehead atoms. The summed E-state index contributed by atoms with van der Waals surface area (Å²) in [6.07, 6.45) is 4.62. The van der Waals surface area contributed by atoms with E-state index in [2.05, 4.69) is 51.5 Å². The topological polar surface area (TPSA) is 66.0 Å². The maximum Gasteiger partial charge on any atom is 0.225 e. The van der Waals surface area contributed by atoms with E-state index in [4.69, 9.17) is 0 Å². The van der Waals surface area contributed by atoms with Crippen LogP contribution in [-0.4, -0.2) is 53.6 Å². The Labute approximate surface area is 132 Å². The van der Waals surface area contributed by atoms with Crippen molar-refractivity contribution in [3.05, 3.63) is 30.6 Å². The van der Waals surface area contributed by atoms with Crippen LogP contribution in [0.3, 0.4) is 0 Å². The Kier molecular flexibility index (Phi) is 6.09. The van der Waals surface area contributed by atoms with Crippen molar-refractivity contribution in [2.75, 3.05) is 44.4 Å². The van der Waals surface area contributed by atoms with Gasteiger partial charge in [-0.3, -0.25) is 4.98 Å². The summed E-state index contributed by atoms with van der Waals surface area (Å²) in [4.78, 5) is 15.4. The van der Waals surface area contributed by atoms with Gasteiger partial charge < -0.3 is 15.5 Å². The molecule has 0 radical (unpaired) electrons. The van der Waals surface area contributed by atoms with Gasteiger partial charge in [-0.2, -0.15) is 4.98 Å². The van der Waals surface area contributed by atoms with Crippen molar-refractivity contribution in [1.29, 1.82) is 0 Å². The Bertz CT molecular complexity index is 570. The fourth-order valence-corrected chi connectivity index (χ4v) is 2.06. The third kappa shape index (κ3) is 4.96. The van der Waals surface area contributed by atoms with Crippen molar-refractivity contribution in [2.45, 2.75) is 13.3 Å². The van der Waals surface area contributed by atoms with Crippen molar-refractivity contribution in [3.8, 4) is 11.3 Å². The van der Waals surface area contributed by atoms with Crippen LogP contribution in [0.4, 0.5) is 11.8 Å². The number of nitrogens with one attached hydrogen (secondary N) is 2. The molecule has 0 saturated heterocycles. The first-order chi connectivity index (χ1) is 10.7. The summed E-state index contributed by atoms with van der Waals surface area (Å²) in [6.45, 7) is 4.76. The van der Waals surface area contributed by atoms with E-state index in [-0.39, 0.29) is 0 Å².